The molecule has 120 valence electrons. The molecule has 0 aromatic rings. The van der Waals surface area contributed by atoms with E-state index >= 15 is 0 Å². The van der Waals surface area contributed by atoms with E-state index in [-0.39, 0.29) is 0 Å². The summed E-state index contributed by atoms with van der Waals surface area (Å²) in [6.07, 6.45) is 10.1. The molecule has 0 aromatic heterocycles. The highest BCUT2D eigenvalue weighted by atomic mass is 16.5. The molecule has 0 spiro atoms. The molecule has 0 aromatic carbocycles. The molecule has 3 saturated heterocycles. The molecule has 1 saturated carbocycles. The van der Waals surface area contributed by atoms with Crippen molar-refractivity contribution < 1.29 is 4.74 Å². The largest absolute Gasteiger partial charge is 0.377 e. The van der Waals surface area contributed by atoms with Crippen LogP contribution in [0.1, 0.15) is 58.8 Å². The molecule has 5 unspecified atom stereocenters. The lowest BCUT2D eigenvalue weighted by Crippen LogP contribution is -2.71. The van der Waals surface area contributed by atoms with Gasteiger partial charge in [-0.1, -0.05) is 20.3 Å². The third-order valence-corrected chi connectivity index (χ3v) is 7.09. The molecule has 2 bridgehead atoms. The quantitative estimate of drug-likeness (QED) is 0.847. The summed E-state index contributed by atoms with van der Waals surface area (Å²) < 4.78 is 6.05. The number of nitrogens with zero attached hydrogens (tertiary/aromatic N) is 1. The first-order chi connectivity index (χ1) is 10.1. The Balaban J connectivity index is 1.42. The van der Waals surface area contributed by atoms with E-state index in [9.17, 15) is 0 Å². The molecule has 3 nitrogen and oxygen atoms in total. The molecule has 3 heteroatoms. The van der Waals surface area contributed by atoms with Gasteiger partial charge in [-0.3, -0.25) is 0 Å². The number of piperidine rings is 2. The molecular weight excluding hydrogens is 260 g/mol. The minimum Gasteiger partial charge on any atom is -0.377 e. The zero-order chi connectivity index (χ0) is 14.6. The SMILES string of the molecule is CN1C2CCCC1CC(NC1C3CCCOC3C1(C)C)C2. The van der Waals surface area contributed by atoms with Gasteiger partial charge in [0.2, 0.25) is 0 Å². The van der Waals surface area contributed by atoms with Crippen molar-refractivity contribution in [2.75, 3.05) is 13.7 Å². The summed E-state index contributed by atoms with van der Waals surface area (Å²) in [5.74, 6) is 0.772. The van der Waals surface area contributed by atoms with Gasteiger partial charge in [0.15, 0.2) is 0 Å². The van der Waals surface area contributed by atoms with Crippen LogP contribution in [0.5, 0.6) is 0 Å². The molecule has 21 heavy (non-hydrogen) atoms. The van der Waals surface area contributed by atoms with E-state index in [1.165, 1.54) is 44.9 Å². The number of nitrogens with one attached hydrogen (secondary N) is 1. The van der Waals surface area contributed by atoms with Crippen LogP contribution in [0.2, 0.25) is 0 Å². The van der Waals surface area contributed by atoms with Gasteiger partial charge in [0.25, 0.3) is 0 Å². The average molecular weight is 292 g/mol. The summed E-state index contributed by atoms with van der Waals surface area (Å²) in [7, 11) is 2.35. The summed E-state index contributed by atoms with van der Waals surface area (Å²) in [5, 5.41) is 4.09. The van der Waals surface area contributed by atoms with Gasteiger partial charge in [-0.25, -0.2) is 0 Å². The summed E-state index contributed by atoms with van der Waals surface area (Å²) in [6, 6.07) is 3.08. The van der Waals surface area contributed by atoms with Crippen LogP contribution in [0.3, 0.4) is 0 Å². The van der Waals surface area contributed by atoms with Gasteiger partial charge in [0.1, 0.15) is 0 Å². The van der Waals surface area contributed by atoms with Crippen molar-refractivity contribution in [2.45, 2.75) is 89.1 Å². The third-order valence-electron chi connectivity index (χ3n) is 7.09. The normalized spacial score (nSPS) is 49.3. The van der Waals surface area contributed by atoms with Gasteiger partial charge >= 0.3 is 0 Å². The predicted molar refractivity (Wildman–Crippen MR) is 85.4 cm³/mol. The second kappa shape index (κ2) is 5.21. The molecule has 5 atom stereocenters. The fraction of sp³-hybridized carbons (Fsp3) is 1.00. The van der Waals surface area contributed by atoms with Crippen LogP contribution in [0.15, 0.2) is 0 Å². The maximum Gasteiger partial charge on any atom is 0.0684 e. The fourth-order valence-corrected chi connectivity index (χ4v) is 5.87. The van der Waals surface area contributed by atoms with E-state index in [0.717, 1.165) is 30.7 Å². The van der Waals surface area contributed by atoms with Crippen molar-refractivity contribution in [1.82, 2.24) is 10.2 Å². The van der Waals surface area contributed by atoms with Crippen molar-refractivity contribution in [3.8, 4) is 0 Å². The minimum atomic E-state index is 0.323. The molecule has 4 fully saturated rings. The first-order valence-electron chi connectivity index (χ1n) is 9.17. The Morgan fingerprint density at radius 2 is 1.76 bits per heavy atom. The van der Waals surface area contributed by atoms with E-state index in [0.29, 0.717) is 17.6 Å². The highest BCUT2D eigenvalue weighted by molar-refractivity contribution is 5.11. The zero-order valence-electron chi connectivity index (χ0n) is 14.0. The average Bonchev–Trinajstić information content (AvgIpc) is 2.45. The minimum absolute atomic E-state index is 0.323. The summed E-state index contributed by atoms with van der Waals surface area (Å²) in [5.41, 5.74) is 0.323. The van der Waals surface area contributed by atoms with Crippen LogP contribution in [0, 0.1) is 11.3 Å². The Labute approximate surface area is 129 Å². The van der Waals surface area contributed by atoms with Crippen molar-refractivity contribution >= 4 is 0 Å². The lowest BCUT2D eigenvalue weighted by atomic mass is 9.55. The standard InChI is InChI=1S/C18H32N2O/c1-18(2)16(15-8-5-9-21-17(15)18)19-12-10-13-6-4-7-14(11-12)20(13)3/h12-17,19H,4-11H2,1-3H3. The van der Waals surface area contributed by atoms with Crippen LogP contribution in [0.4, 0.5) is 0 Å². The Hall–Kier alpha value is -0.120. The van der Waals surface area contributed by atoms with Gasteiger partial charge in [-0.2, -0.15) is 0 Å². The maximum absolute atomic E-state index is 6.05. The number of hydrogen-bond donors (Lipinski definition) is 1. The van der Waals surface area contributed by atoms with Gasteiger partial charge in [-0.05, 0) is 45.6 Å². The van der Waals surface area contributed by atoms with Gasteiger partial charge in [-0.15, -0.1) is 0 Å². The monoisotopic (exact) mass is 292 g/mol. The lowest BCUT2D eigenvalue weighted by Gasteiger charge is -2.61. The zero-order valence-corrected chi connectivity index (χ0v) is 14.0. The van der Waals surface area contributed by atoms with E-state index in [4.69, 9.17) is 4.74 Å². The Bertz CT molecular complexity index is 383. The van der Waals surface area contributed by atoms with E-state index in [1.54, 1.807) is 0 Å². The molecule has 0 radical (unpaired) electrons. The molecule has 1 aliphatic carbocycles. The van der Waals surface area contributed by atoms with Crippen molar-refractivity contribution in [1.29, 1.82) is 0 Å². The van der Waals surface area contributed by atoms with Crippen molar-refractivity contribution in [3.05, 3.63) is 0 Å². The van der Waals surface area contributed by atoms with Crippen LogP contribution < -0.4 is 5.32 Å². The first kappa shape index (κ1) is 14.5. The molecule has 4 aliphatic rings. The van der Waals surface area contributed by atoms with Crippen LogP contribution in [-0.4, -0.2) is 48.8 Å². The maximum atomic E-state index is 6.05. The van der Waals surface area contributed by atoms with Gasteiger partial charge < -0.3 is 15.0 Å². The first-order valence-corrected chi connectivity index (χ1v) is 9.17. The number of ether oxygens (including phenoxy) is 1. The number of rotatable bonds is 2. The highest BCUT2D eigenvalue weighted by Crippen LogP contribution is 2.51. The third kappa shape index (κ3) is 2.27. The summed E-state index contributed by atoms with van der Waals surface area (Å²) in [4.78, 5) is 2.67. The predicted octanol–water partition coefficient (Wildman–Crippen LogP) is 2.79. The van der Waals surface area contributed by atoms with Crippen LogP contribution >= 0.6 is 0 Å². The Kier molecular flexibility index (Phi) is 3.59. The van der Waals surface area contributed by atoms with Crippen LogP contribution in [-0.2, 0) is 4.74 Å². The molecule has 1 N–H and O–H groups in total. The second-order valence-corrected chi connectivity index (χ2v) is 8.64. The second-order valence-electron chi connectivity index (χ2n) is 8.64. The smallest absolute Gasteiger partial charge is 0.0684 e. The molecule has 3 heterocycles. The molecule has 4 rings (SSSR count). The van der Waals surface area contributed by atoms with E-state index in [2.05, 4.69) is 31.1 Å². The summed E-state index contributed by atoms with van der Waals surface area (Å²) >= 11 is 0. The van der Waals surface area contributed by atoms with Gasteiger partial charge in [0.05, 0.1) is 6.10 Å². The lowest BCUT2D eigenvalue weighted by molar-refractivity contribution is -0.196. The van der Waals surface area contributed by atoms with Crippen LogP contribution in [0.25, 0.3) is 0 Å². The number of fused-ring (bicyclic) bond motifs is 3. The summed E-state index contributed by atoms with van der Waals surface area (Å²) in [6.45, 7) is 5.80. The molecule has 0 amide bonds. The Morgan fingerprint density at radius 3 is 2.48 bits per heavy atom. The topological polar surface area (TPSA) is 24.5 Å². The van der Waals surface area contributed by atoms with E-state index < -0.39 is 0 Å². The van der Waals surface area contributed by atoms with E-state index in [1.807, 2.05) is 0 Å². The van der Waals surface area contributed by atoms with Gasteiger partial charge in [0, 0.05) is 42.1 Å². The Morgan fingerprint density at radius 1 is 1.05 bits per heavy atom. The molecule has 3 aliphatic heterocycles. The fourth-order valence-electron chi connectivity index (χ4n) is 5.87. The molecular formula is C18H32N2O. The van der Waals surface area contributed by atoms with Crippen molar-refractivity contribution in [2.24, 2.45) is 11.3 Å². The highest BCUT2D eigenvalue weighted by Gasteiger charge is 2.58. The van der Waals surface area contributed by atoms with Crippen molar-refractivity contribution in [3.63, 3.8) is 0 Å². The number of hydrogen-bond acceptors (Lipinski definition) is 3.